The maximum absolute atomic E-state index is 11.4. The molecule has 0 saturated carbocycles. The number of aliphatic carboxylic acids is 1. The molecular weight excluding hydrogens is 248 g/mol. The van der Waals surface area contributed by atoms with E-state index in [0.29, 0.717) is 17.8 Å². The zero-order valence-electron chi connectivity index (χ0n) is 10.9. The number of carboxylic acids is 1. The van der Waals surface area contributed by atoms with Gasteiger partial charge >= 0.3 is 5.97 Å². The predicted molar refractivity (Wildman–Crippen MR) is 70.4 cm³/mol. The topological polar surface area (TPSA) is 83.7 Å². The van der Waals surface area contributed by atoms with E-state index in [4.69, 9.17) is 0 Å². The van der Waals surface area contributed by atoms with E-state index in [-0.39, 0.29) is 11.6 Å². The van der Waals surface area contributed by atoms with Gasteiger partial charge in [0.1, 0.15) is 11.7 Å². The first kappa shape index (κ1) is 13.3. The van der Waals surface area contributed by atoms with E-state index >= 15 is 0 Å². The van der Waals surface area contributed by atoms with Gasteiger partial charge < -0.3 is 10.0 Å². The van der Waals surface area contributed by atoms with Crippen LogP contribution in [0.15, 0.2) is 18.2 Å². The molecule has 1 aromatic rings. The Morgan fingerprint density at radius 1 is 1.53 bits per heavy atom. The molecule has 2 unspecified atom stereocenters. The predicted octanol–water partition coefficient (Wildman–Crippen LogP) is 2.20. The Hall–Kier alpha value is -2.11. The second-order valence-corrected chi connectivity index (χ2v) is 4.94. The summed E-state index contributed by atoms with van der Waals surface area (Å²) in [5, 5.41) is 20.5. The minimum absolute atomic E-state index is 0.00264. The average Bonchev–Trinajstić information content (AvgIpc) is 2.70. The van der Waals surface area contributed by atoms with E-state index < -0.39 is 16.9 Å². The number of carboxylic acid groups (broad SMARTS) is 1. The van der Waals surface area contributed by atoms with Crippen molar-refractivity contribution in [1.82, 2.24) is 0 Å². The maximum Gasteiger partial charge on any atom is 0.326 e. The molecule has 1 fully saturated rings. The van der Waals surface area contributed by atoms with E-state index in [1.807, 2.05) is 6.92 Å². The Balaban J connectivity index is 2.50. The van der Waals surface area contributed by atoms with Crippen molar-refractivity contribution in [2.45, 2.75) is 26.3 Å². The number of nitrogens with zero attached hydrogens (tertiary/aromatic N) is 2. The van der Waals surface area contributed by atoms with Gasteiger partial charge in [0, 0.05) is 12.1 Å². The van der Waals surface area contributed by atoms with Gasteiger partial charge in [-0.2, -0.15) is 0 Å². The summed E-state index contributed by atoms with van der Waals surface area (Å²) in [5.41, 5.74) is 0.954. The second kappa shape index (κ2) is 4.87. The van der Waals surface area contributed by atoms with Crippen molar-refractivity contribution in [3.8, 4) is 0 Å². The third-order valence-corrected chi connectivity index (χ3v) is 3.66. The molecule has 0 spiro atoms. The second-order valence-electron chi connectivity index (χ2n) is 4.94. The molecule has 2 atom stereocenters. The van der Waals surface area contributed by atoms with E-state index in [0.717, 1.165) is 6.42 Å². The summed E-state index contributed by atoms with van der Waals surface area (Å²) in [6, 6.07) is 4.32. The molecule has 0 aromatic heterocycles. The number of hydrogen-bond donors (Lipinski definition) is 1. The molecule has 0 bridgehead atoms. The number of nitro benzene ring substituents is 1. The summed E-state index contributed by atoms with van der Waals surface area (Å²) in [7, 11) is 0. The number of para-hydroxylation sites is 1. The molecule has 19 heavy (non-hydrogen) atoms. The molecule has 1 aromatic carbocycles. The fraction of sp³-hybridized carbons (Fsp3) is 0.462. The number of rotatable bonds is 3. The van der Waals surface area contributed by atoms with Crippen molar-refractivity contribution in [3.05, 3.63) is 33.9 Å². The van der Waals surface area contributed by atoms with Crippen LogP contribution in [0, 0.1) is 23.0 Å². The van der Waals surface area contributed by atoms with Gasteiger partial charge in [0.2, 0.25) is 0 Å². The van der Waals surface area contributed by atoms with Crippen LogP contribution in [0.25, 0.3) is 0 Å². The third kappa shape index (κ3) is 2.25. The van der Waals surface area contributed by atoms with Gasteiger partial charge in [-0.25, -0.2) is 4.79 Å². The van der Waals surface area contributed by atoms with Crippen molar-refractivity contribution in [2.24, 2.45) is 5.92 Å². The van der Waals surface area contributed by atoms with Gasteiger partial charge in [-0.3, -0.25) is 10.1 Å². The van der Waals surface area contributed by atoms with Gasteiger partial charge in [-0.1, -0.05) is 19.1 Å². The van der Waals surface area contributed by atoms with Crippen molar-refractivity contribution in [2.75, 3.05) is 11.4 Å². The monoisotopic (exact) mass is 264 g/mol. The first-order chi connectivity index (χ1) is 8.93. The van der Waals surface area contributed by atoms with Crippen LogP contribution >= 0.6 is 0 Å². The van der Waals surface area contributed by atoms with Crippen LogP contribution in [0.5, 0.6) is 0 Å². The quantitative estimate of drug-likeness (QED) is 0.668. The van der Waals surface area contributed by atoms with Crippen molar-refractivity contribution >= 4 is 17.3 Å². The van der Waals surface area contributed by atoms with Gasteiger partial charge in [0.05, 0.1) is 4.92 Å². The van der Waals surface area contributed by atoms with Crippen molar-refractivity contribution in [3.63, 3.8) is 0 Å². The van der Waals surface area contributed by atoms with Crippen LogP contribution in [0.2, 0.25) is 0 Å². The number of anilines is 1. The molecule has 0 radical (unpaired) electrons. The normalized spacial score (nSPS) is 22.5. The lowest BCUT2D eigenvalue weighted by Crippen LogP contribution is -2.39. The van der Waals surface area contributed by atoms with Crippen LogP contribution in [0.3, 0.4) is 0 Å². The highest BCUT2D eigenvalue weighted by Crippen LogP contribution is 2.37. The lowest BCUT2D eigenvalue weighted by molar-refractivity contribution is -0.384. The fourth-order valence-electron chi connectivity index (χ4n) is 2.71. The highest BCUT2D eigenvalue weighted by Gasteiger charge is 2.39. The largest absolute Gasteiger partial charge is 0.480 e. The first-order valence-electron chi connectivity index (χ1n) is 6.17. The zero-order valence-corrected chi connectivity index (χ0v) is 10.9. The smallest absolute Gasteiger partial charge is 0.326 e. The molecule has 0 aliphatic carbocycles. The summed E-state index contributed by atoms with van der Waals surface area (Å²) in [6.07, 6.45) is 0.724. The van der Waals surface area contributed by atoms with Crippen LogP contribution in [0.4, 0.5) is 11.4 Å². The minimum Gasteiger partial charge on any atom is -0.480 e. The van der Waals surface area contributed by atoms with Crippen LogP contribution in [-0.2, 0) is 4.79 Å². The van der Waals surface area contributed by atoms with Gasteiger partial charge in [-0.05, 0) is 25.3 Å². The molecule has 2 rings (SSSR count). The number of hydrogen-bond acceptors (Lipinski definition) is 4. The highest BCUT2D eigenvalue weighted by atomic mass is 16.6. The first-order valence-corrected chi connectivity index (χ1v) is 6.17. The summed E-state index contributed by atoms with van der Waals surface area (Å²) in [6.45, 7) is 4.06. The number of nitro groups is 1. The highest BCUT2D eigenvalue weighted by molar-refractivity contribution is 5.82. The maximum atomic E-state index is 11.4. The van der Waals surface area contributed by atoms with Crippen molar-refractivity contribution < 1.29 is 14.8 Å². The van der Waals surface area contributed by atoms with E-state index in [1.165, 1.54) is 0 Å². The Labute approximate surface area is 110 Å². The standard InChI is InChI=1S/C13H16N2O4/c1-8-4-3-5-10(11(8)15(18)19)14-7-6-9(2)12(14)13(16)17/h3-5,9,12H,6-7H2,1-2H3,(H,16,17). The van der Waals surface area contributed by atoms with Crippen LogP contribution < -0.4 is 4.90 Å². The molecule has 6 nitrogen and oxygen atoms in total. The summed E-state index contributed by atoms with van der Waals surface area (Å²) in [5.74, 6) is -0.946. The molecule has 6 heteroatoms. The molecular formula is C13H16N2O4. The van der Waals surface area contributed by atoms with Gasteiger partial charge in [-0.15, -0.1) is 0 Å². The van der Waals surface area contributed by atoms with Crippen LogP contribution in [0.1, 0.15) is 18.9 Å². The zero-order chi connectivity index (χ0) is 14.2. The minimum atomic E-state index is -0.930. The molecule has 0 amide bonds. The van der Waals surface area contributed by atoms with Gasteiger partial charge in [0.15, 0.2) is 0 Å². The van der Waals surface area contributed by atoms with E-state index in [2.05, 4.69) is 0 Å². The molecule has 102 valence electrons. The lowest BCUT2D eigenvalue weighted by atomic mass is 10.0. The summed E-state index contributed by atoms with van der Waals surface area (Å²) in [4.78, 5) is 23.7. The molecule has 1 saturated heterocycles. The Morgan fingerprint density at radius 3 is 2.79 bits per heavy atom. The third-order valence-electron chi connectivity index (χ3n) is 3.66. The lowest BCUT2D eigenvalue weighted by Gasteiger charge is -2.25. The Bertz CT molecular complexity index is 529. The van der Waals surface area contributed by atoms with Crippen LogP contribution in [-0.4, -0.2) is 28.6 Å². The number of aryl methyl sites for hydroxylation is 1. The molecule has 1 N–H and O–H groups in total. The Morgan fingerprint density at radius 2 is 2.21 bits per heavy atom. The average molecular weight is 264 g/mol. The number of carbonyl (C=O) groups is 1. The molecule has 1 aliphatic heterocycles. The molecule has 1 aliphatic rings. The van der Waals surface area contributed by atoms with E-state index in [1.54, 1.807) is 30.0 Å². The summed E-state index contributed by atoms with van der Waals surface area (Å²) < 4.78 is 0. The summed E-state index contributed by atoms with van der Waals surface area (Å²) >= 11 is 0. The van der Waals surface area contributed by atoms with E-state index in [9.17, 15) is 20.0 Å². The SMILES string of the molecule is Cc1cccc(N2CCC(C)C2C(=O)O)c1[N+](=O)[O-]. The van der Waals surface area contributed by atoms with Crippen molar-refractivity contribution in [1.29, 1.82) is 0 Å². The fourth-order valence-corrected chi connectivity index (χ4v) is 2.71. The van der Waals surface area contributed by atoms with Gasteiger partial charge in [0.25, 0.3) is 5.69 Å². The number of benzene rings is 1. The molecule has 1 heterocycles. The Kier molecular flexibility index (Phi) is 3.42.